The number of halogens is 1. The molecule has 2 unspecified atom stereocenters. The molecule has 2 fully saturated rings. The lowest BCUT2D eigenvalue weighted by atomic mass is 9.80. The maximum atomic E-state index is 10.4. The largest absolute Gasteiger partial charge is 0.388 e. The van der Waals surface area contributed by atoms with E-state index >= 15 is 0 Å². The summed E-state index contributed by atoms with van der Waals surface area (Å²) >= 11 is 0. The molecule has 1 heterocycles. The SMILES string of the molecule is Cl.OC(CCN1CCCCC1C1CCCCC1)c1ccccc1. The maximum absolute atomic E-state index is 10.4. The maximum Gasteiger partial charge on any atom is 0.0802 e. The normalized spacial score (nSPS) is 24.8. The van der Waals surface area contributed by atoms with Crippen molar-refractivity contribution in [3.8, 4) is 0 Å². The Bertz CT molecular complexity index is 433. The molecule has 1 aliphatic heterocycles. The molecule has 3 heteroatoms. The van der Waals surface area contributed by atoms with Crippen LogP contribution in [0.3, 0.4) is 0 Å². The van der Waals surface area contributed by atoms with Gasteiger partial charge in [0.1, 0.15) is 0 Å². The Hall–Kier alpha value is -0.570. The first-order valence-electron chi connectivity index (χ1n) is 9.31. The summed E-state index contributed by atoms with van der Waals surface area (Å²) in [6, 6.07) is 10.9. The third-order valence-electron chi connectivity index (χ3n) is 5.73. The highest BCUT2D eigenvalue weighted by molar-refractivity contribution is 5.85. The topological polar surface area (TPSA) is 23.5 Å². The third-order valence-corrected chi connectivity index (χ3v) is 5.73. The van der Waals surface area contributed by atoms with Crippen LogP contribution >= 0.6 is 12.4 Å². The number of hydrogen-bond donors (Lipinski definition) is 1. The van der Waals surface area contributed by atoms with Crippen molar-refractivity contribution in [1.29, 1.82) is 0 Å². The van der Waals surface area contributed by atoms with Crippen molar-refractivity contribution in [3.63, 3.8) is 0 Å². The van der Waals surface area contributed by atoms with Crippen molar-refractivity contribution in [1.82, 2.24) is 4.90 Å². The lowest BCUT2D eigenvalue weighted by Gasteiger charge is -2.42. The zero-order chi connectivity index (χ0) is 15.2. The van der Waals surface area contributed by atoms with Crippen LogP contribution in [0.15, 0.2) is 30.3 Å². The number of aliphatic hydroxyl groups excluding tert-OH is 1. The number of piperidine rings is 1. The molecule has 1 aromatic rings. The zero-order valence-corrected chi connectivity index (χ0v) is 15.0. The van der Waals surface area contributed by atoms with Crippen LogP contribution in [0.1, 0.15) is 69.5 Å². The van der Waals surface area contributed by atoms with E-state index in [2.05, 4.69) is 4.90 Å². The molecular weight excluding hydrogens is 306 g/mol. The second-order valence-corrected chi connectivity index (χ2v) is 7.21. The van der Waals surface area contributed by atoms with Gasteiger partial charge in [-0.25, -0.2) is 0 Å². The summed E-state index contributed by atoms with van der Waals surface area (Å²) in [5.74, 6) is 0.919. The summed E-state index contributed by atoms with van der Waals surface area (Å²) in [5, 5.41) is 10.4. The Morgan fingerprint density at radius 1 is 0.957 bits per heavy atom. The molecule has 130 valence electrons. The smallest absolute Gasteiger partial charge is 0.0802 e. The summed E-state index contributed by atoms with van der Waals surface area (Å²) in [4.78, 5) is 2.70. The molecule has 0 spiro atoms. The number of aliphatic hydroxyl groups is 1. The fraction of sp³-hybridized carbons (Fsp3) is 0.700. The number of hydrogen-bond acceptors (Lipinski definition) is 2. The van der Waals surface area contributed by atoms with E-state index in [0.29, 0.717) is 0 Å². The monoisotopic (exact) mass is 337 g/mol. The Kier molecular flexibility index (Phi) is 7.88. The summed E-state index contributed by atoms with van der Waals surface area (Å²) in [7, 11) is 0. The van der Waals surface area contributed by atoms with E-state index in [-0.39, 0.29) is 18.5 Å². The number of rotatable bonds is 5. The Morgan fingerprint density at radius 2 is 1.65 bits per heavy atom. The van der Waals surface area contributed by atoms with E-state index in [0.717, 1.165) is 30.5 Å². The molecular formula is C20H32ClNO. The summed E-state index contributed by atoms with van der Waals surface area (Å²) in [5.41, 5.74) is 1.06. The quantitative estimate of drug-likeness (QED) is 0.820. The van der Waals surface area contributed by atoms with Crippen LogP contribution in [0.4, 0.5) is 0 Å². The van der Waals surface area contributed by atoms with Crippen LogP contribution in [0.25, 0.3) is 0 Å². The van der Waals surface area contributed by atoms with Gasteiger partial charge >= 0.3 is 0 Å². The van der Waals surface area contributed by atoms with Crippen LogP contribution < -0.4 is 0 Å². The van der Waals surface area contributed by atoms with Gasteiger partial charge in [-0.2, -0.15) is 0 Å². The van der Waals surface area contributed by atoms with Gasteiger partial charge in [-0.15, -0.1) is 12.4 Å². The molecule has 2 aliphatic rings. The first-order chi connectivity index (χ1) is 10.8. The summed E-state index contributed by atoms with van der Waals surface area (Å²) in [6.45, 7) is 2.29. The first kappa shape index (κ1) is 18.8. The fourth-order valence-electron chi connectivity index (χ4n) is 4.48. The number of nitrogens with zero attached hydrogens (tertiary/aromatic N) is 1. The average molecular weight is 338 g/mol. The van der Waals surface area contributed by atoms with Crippen molar-refractivity contribution in [3.05, 3.63) is 35.9 Å². The van der Waals surface area contributed by atoms with Crippen molar-refractivity contribution in [2.24, 2.45) is 5.92 Å². The molecule has 3 rings (SSSR count). The highest BCUT2D eigenvalue weighted by atomic mass is 35.5. The molecule has 0 amide bonds. The molecule has 1 aromatic carbocycles. The molecule has 2 atom stereocenters. The third kappa shape index (κ3) is 5.20. The van der Waals surface area contributed by atoms with E-state index in [9.17, 15) is 5.11 Å². The Morgan fingerprint density at radius 3 is 2.39 bits per heavy atom. The van der Waals surface area contributed by atoms with Gasteiger partial charge < -0.3 is 10.0 Å². The molecule has 1 aliphatic carbocycles. The molecule has 1 saturated heterocycles. The van der Waals surface area contributed by atoms with Crippen LogP contribution in [-0.4, -0.2) is 29.1 Å². The van der Waals surface area contributed by atoms with Crippen molar-refractivity contribution in [2.75, 3.05) is 13.1 Å². The van der Waals surface area contributed by atoms with Crippen LogP contribution in [0.2, 0.25) is 0 Å². The molecule has 0 aromatic heterocycles. The number of likely N-dealkylation sites (tertiary alicyclic amines) is 1. The molecule has 1 saturated carbocycles. The van der Waals surface area contributed by atoms with E-state index < -0.39 is 0 Å². The second kappa shape index (κ2) is 9.66. The van der Waals surface area contributed by atoms with Gasteiger partial charge in [-0.3, -0.25) is 0 Å². The predicted molar refractivity (Wildman–Crippen MR) is 99.1 cm³/mol. The minimum absolute atomic E-state index is 0. The predicted octanol–water partition coefficient (Wildman–Crippen LogP) is 4.97. The Labute approximate surface area is 147 Å². The highest BCUT2D eigenvalue weighted by Gasteiger charge is 2.30. The van der Waals surface area contributed by atoms with E-state index in [1.54, 1.807) is 0 Å². The molecule has 0 bridgehead atoms. The van der Waals surface area contributed by atoms with Gasteiger partial charge in [0.25, 0.3) is 0 Å². The minimum atomic E-state index is -0.310. The van der Waals surface area contributed by atoms with Gasteiger partial charge in [-0.05, 0) is 50.1 Å². The zero-order valence-electron chi connectivity index (χ0n) is 14.2. The Balaban J connectivity index is 0.00000192. The molecule has 0 radical (unpaired) electrons. The van der Waals surface area contributed by atoms with Crippen LogP contribution in [0, 0.1) is 5.92 Å². The first-order valence-corrected chi connectivity index (χ1v) is 9.31. The van der Waals surface area contributed by atoms with E-state index in [1.165, 1.54) is 57.9 Å². The highest BCUT2D eigenvalue weighted by Crippen LogP contribution is 2.34. The fourth-order valence-corrected chi connectivity index (χ4v) is 4.48. The van der Waals surface area contributed by atoms with Gasteiger partial charge in [0.05, 0.1) is 6.10 Å². The van der Waals surface area contributed by atoms with Gasteiger partial charge in [0.15, 0.2) is 0 Å². The molecule has 1 N–H and O–H groups in total. The average Bonchev–Trinajstić information content (AvgIpc) is 2.61. The van der Waals surface area contributed by atoms with Crippen molar-refractivity contribution < 1.29 is 5.11 Å². The van der Waals surface area contributed by atoms with Crippen LogP contribution in [0.5, 0.6) is 0 Å². The van der Waals surface area contributed by atoms with Crippen LogP contribution in [-0.2, 0) is 0 Å². The lowest BCUT2D eigenvalue weighted by molar-refractivity contribution is 0.0618. The molecule has 23 heavy (non-hydrogen) atoms. The van der Waals surface area contributed by atoms with Crippen molar-refractivity contribution >= 4 is 12.4 Å². The van der Waals surface area contributed by atoms with Crippen molar-refractivity contribution in [2.45, 2.75) is 69.9 Å². The standard InChI is InChI=1S/C20H31NO.ClH/c22-20(18-11-5-2-6-12-18)14-16-21-15-8-7-13-19(21)17-9-3-1-4-10-17;/h2,5-6,11-12,17,19-20,22H,1,3-4,7-10,13-16H2;1H. The second-order valence-electron chi connectivity index (χ2n) is 7.21. The number of benzene rings is 1. The van der Waals surface area contributed by atoms with E-state index in [1.807, 2.05) is 30.3 Å². The van der Waals surface area contributed by atoms with Gasteiger partial charge in [-0.1, -0.05) is 56.0 Å². The van der Waals surface area contributed by atoms with E-state index in [4.69, 9.17) is 0 Å². The molecule has 2 nitrogen and oxygen atoms in total. The van der Waals surface area contributed by atoms with Gasteiger partial charge in [0, 0.05) is 12.6 Å². The lowest BCUT2D eigenvalue weighted by Crippen LogP contribution is -2.45. The summed E-state index contributed by atoms with van der Waals surface area (Å²) in [6.07, 6.45) is 11.8. The summed E-state index contributed by atoms with van der Waals surface area (Å²) < 4.78 is 0. The minimum Gasteiger partial charge on any atom is -0.388 e. The van der Waals surface area contributed by atoms with Gasteiger partial charge in [0.2, 0.25) is 0 Å².